The number of hydrogen-bond donors (Lipinski definition) is 1. The molecular weight excluding hydrogens is 224 g/mol. The first-order chi connectivity index (χ1) is 8.09. The van der Waals surface area contributed by atoms with Crippen molar-refractivity contribution in [3.05, 3.63) is 11.3 Å². The highest BCUT2D eigenvalue weighted by atomic mass is 16.3. The third-order valence-electron chi connectivity index (χ3n) is 4.53. The quantitative estimate of drug-likeness (QED) is 0.586. The number of rotatable bonds is 3. The first-order valence-electron chi connectivity index (χ1n) is 7.04. The molecule has 0 aromatic rings. The number of carbonyl (C=O) groups is 1. The summed E-state index contributed by atoms with van der Waals surface area (Å²) in [5.41, 5.74) is 0.729. The van der Waals surface area contributed by atoms with Crippen LogP contribution in [0.5, 0.6) is 0 Å². The van der Waals surface area contributed by atoms with Gasteiger partial charge in [0.05, 0.1) is 0 Å². The molecule has 0 bridgehead atoms. The number of aliphatic hydroxyl groups is 1. The summed E-state index contributed by atoms with van der Waals surface area (Å²) in [6.07, 6.45) is 4.15. The second-order valence-electron chi connectivity index (χ2n) is 7.22. The fourth-order valence-corrected chi connectivity index (χ4v) is 2.72. The minimum atomic E-state index is -0.204. The summed E-state index contributed by atoms with van der Waals surface area (Å²) < 4.78 is 0. The third kappa shape index (κ3) is 3.15. The van der Waals surface area contributed by atoms with Gasteiger partial charge in [0.2, 0.25) is 0 Å². The van der Waals surface area contributed by atoms with E-state index in [-0.39, 0.29) is 17.1 Å². The summed E-state index contributed by atoms with van der Waals surface area (Å²) in [7, 11) is 0. The van der Waals surface area contributed by atoms with Gasteiger partial charge in [-0.25, -0.2) is 0 Å². The van der Waals surface area contributed by atoms with Crippen molar-refractivity contribution in [3.63, 3.8) is 0 Å². The average Bonchev–Trinajstić information content (AvgIpc) is 2.30. The van der Waals surface area contributed by atoms with E-state index in [9.17, 15) is 9.90 Å². The molecule has 0 atom stereocenters. The Balaban J connectivity index is 2.93. The Morgan fingerprint density at radius 2 is 1.50 bits per heavy atom. The Morgan fingerprint density at radius 3 is 1.89 bits per heavy atom. The smallest absolute Gasteiger partial charge is 0.164 e. The van der Waals surface area contributed by atoms with Crippen molar-refractivity contribution in [2.75, 3.05) is 0 Å². The van der Waals surface area contributed by atoms with Gasteiger partial charge >= 0.3 is 0 Å². The molecule has 1 aliphatic rings. The van der Waals surface area contributed by atoms with Crippen molar-refractivity contribution >= 4 is 5.78 Å². The summed E-state index contributed by atoms with van der Waals surface area (Å²) in [5, 5.41) is 10.5. The van der Waals surface area contributed by atoms with E-state index in [1.54, 1.807) is 6.92 Å². The van der Waals surface area contributed by atoms with Crippen molar-refractivity contribution in [3.8, 4) is 0 Å². The molecule has 0 radical (unpaired) electrons. The fourth-order valence-electron chi connectivity index (χ4n) is 2.72. The average molecular weight is 252 g/mol. The predicted octanol–water partition coefficient (Wildman–Crippen LogP) is 4.65. The lowest BCUT2D eigenvalue weighted by Gasteiger charge is -2.41. The SMILES string of the molecule is C/C(C(=O)C(C)C)=C(/O)C1(C)CCC(C)(C)CC1. The summed E-state index contributed by atoms with van der Waals surface area (Å²) in [6.45, 7) is 12.2. The molecule has 0 aromatic heterocycles. The van der Waals surface area contributed by atoms with Crippen LogP contribution < -0.4 is 0 Å². The van der Waals surface area contributed by atoms with E-state index in [4.69, 9.17) is 0 Å². The van der Waals surface area contributed by atoms with E-state index in [2.05, 4.69) is 20.8 Å². The van der Waals surface area contributed by atoms with E-state index in [0.29, 0.717) is 16.7 Å². The van der Waals surface area contributed by atoms with Gasteiger partial charge in [-0.15, -0.1) is 0 Å². The number of carbonyl (C=O) groups excluding carboxylic acids is 1. The van der Waals surface area contributed by atoms with Crippen LogP contribution >= 0.6 is 0 Å². The lowest BCUT2D eigenvalue weighted by Crippen LogP contribution is -2.32. The Labute approximate surface area is 111 Å². The standard InChI is InChI=1S/C16H28O2/c1-11(2)13(17)12(3)14(18)16(6)9-7-15(4,5)8-10-16/h11,18H,7-10H2,1-6H3/b14-12-. The lowest BCUT2D eigenvalue weighted by atomic mass is 9.64. The third-order valence-corrected chi connectivity index (χ3v) is 4.53. The molecule has 1 rings (SSSR count). The van der Waals surface area contributed by atoms with Crippen molar-refractivity contribution in [2.24, 2.45) is 16.7 Å². The Hall–Kier alpha value is -0.790. The molecule has 18 heavy (non-hydrogen) atoms. The maximum atomic E-state index is 12.0. The zero-order chi connectivity index (χ0) is 14.1. The van der Waals surface area contributed by atoms with Gasteiger partial charge in [0, 0.05) is 16.9 Å². The van der Waals surface area contributed by atoms with Gasteiger partial charge in [-0.1, -0.05) is 34.6 Å². The monoisotopic (exact) mass is 252 g/mol. The normalized spacial score (nSPS) is 23.7. The van der Waals surface area contributed by atoms with E-state index in [1.165, 1.54) is 0 Å². The molecule has 1 fully saturated rings. The van der Waals surface area contributed by atoms with Crippen LogP contribution in [0, 0.1) is 16.7 Å². The molecule has 2 nitrogen and oxygen atoms in total. The maximum absolute atomic E-state index is 12.0. The highest BCUT2D eigenvalue weighted by Gasteiger charge is 2.39. The summed E-state index contributed by atoms with van der Waals surface area (Å²) in [4.78, 5) is 12.0. The van der Waals surface area contributed by atoms with Gasteiger partial charge in [0.1, 0.15) is 5.76 Å². The summed E-state index contributed by atoms with van der Waals surface area (Å²) in [5.74, 6) is 0.353. The largest absolute Gasteiger partial charge is 0.511 e. The zero-order valence-corrected chi connectivity index (χ0v) is 12.8. The van der Waals surface area contributed by atoms with Crippen molar-refractivity contribution in [1.29, 1.82) is 0 Å². The molecule has 0 aromatic carbocycles. The molecule has 0 aliphatic heterocycles. The Kier molecular flexibility index (Phi) is 4.30. The molecule has 0 heterocycles. The van der Waals surface area contributed by atoms with Gasteiger partial charge < -0.3 is 5.11 Å². The first kappa shape index (κ1) is 15.3. The molecule has 2 heteroatoms. The highest BCUT2D eigenvalue weighted by molar-refractivity contribution is 5.96. The number of Topliss-reactive ketones (excluding diaryl/α,β-unsaturated/α-hetero) is 1. The van der Waals surface area contributed by atoms with Gasteiger partial charge in [-0.05, 0) is 38.0 Å². The zero-order valence-electron chi connectivity index (χ0n) is 12.8. The molecular formula is C16H28O2. The van der Waals surface area contributed by atoms with Gasteiger partial charge in [-0.2, -0.15) is 0 Å². The molecule has 0 amide bonds. The minimum Gasteiger partial charge on any atom is -0.511 e. The molecule has 0 saturated heterocycles. The topological polar surface area (TPSA) is 37.3 Å². The second kappa shape index (κ2) is 5.07. The Morgan fingerprint density at radius 1 is 1.06 bits per heavy atom. The minimum absolute atomic E-state index is 0.0456. The number of allylic oxidation sites excluding steroid dienone is 2. The maximum Gasteiger partial charge on any atom is 0.164 e. The van der Waals surface area contributed by atoms with Crippen LogP contribution in [0.2, 0.25) is 0 Å². The lowest BCUT2D eigenvalue weighted by molar-refractivity contribution is -0.118. The summed E-state index contributed by atoms with van der Waals surface area (Å²) in [6, 6.07) is 0. The number of hydrogen-bond acceptors (Lipinski definition) is 2. The van der Waals surface area contributed by atoms with E-state index >= 15 is 0 Å². The van der Waals surface area contributed by atoms with Crippen LogP contribution in [0.1, 0.15) is 67.2 Å². The first-order valence-corrected chi connectivity index (χ1v) is 7.04. The fraction of sp³-hybridized carbons (Fsp3) is 0.812. The van der Waals surface area contributed by atoms with Crippen LogP contribution in [0.15, 0.2) is 11.3 Å². The molecule has 1 aliphatic carbocycles. The molecule has 104 valence electrons. The van der Waals surface area contributed by atoms with Gasteiger partial charge in [0.15, 0.2) is 5.78 Å². The van der Waals surface area contributed by atoms with Crippen molar-refractivity contribution < 1.29 is 9.90 Å². The second-order valence-corrected chi connectivity index (χ2v) is 7.22. The Bertz CT molecular complexity index is 351. The van der Waals surface area contributed by atoms with Crippen LogP contribution in [0.25, 0.3) is 0 Å². The van der Waals surface area contributed by atoms with Gasteiger partial charge in [0.25, 0.3) is 0 Å². The summed E-state index contributed by atoms with van der Waals surface area (Å²) >= 11 is 0. The van der Waals surface area contributed by atoms with E-state index < -0.39 is 0 Å². The molecule has 1 saturated carbocycles. The predicted molar refractivity (Wildman–Crippen MR) is 75.5 cm³/mol. The number of aliphatic hydroxyl groups excluding tert-OH is 1. The molecule has 0 unspecified atom stereocenters. The number of ketones is 1. The van der Waals surface area contributed by atoms with E-state index in [1.807, 2.05) is 13.8 Å². The van der Waals surface area contributed by atoms with Crippen LogP contribution in [0.3, 0.4) is 0 Å². The van der Waals surface area contributed by atoms with Crippen LogP contribution in [-0.4, -0.2) is 10.9 Å². The van der Waals surface area contributed by atoms with Crippen molar-refractivity contribution in [1.82, 2.24) is 0 Å². The highest BCUT2D eigenvalue weighted by Crippen LogP contribution is 2.48. The van der Waals surface area contributed by atoms with Crippen molar-refractivity contribution in [2.45, 2.75) is 67.2 Å². The molecule has 1 N–H and O–H groups in total. The van der Waals surface area contributed by atoms with Crippen LogP contribution in [0.4, 0.5) is 0 Å². The van der Waals surface area contributed by atoms with E-state index in [0.717, 1.165) is 25.7 Å². The molecule has 0 spiro atoms. The van der Waals surface area contributed by atoms with Crippen LogP contribution in [-0.2, 0) is 4.79 Å². The van der Waals surface area contributed by atoms with Gasteiger partial charge in [-0.3, -0.25) is 4.79 Å².